The Morgan fingerprint density at radius 2 is 1.73 bits per heavy atom. The summed E-state index contributed by atoms with van der Waals surface area (Å²) < 4.78 is 17.9. The van der Waals surface area contributed by atoms with Gasteiger partial charge >= 0.3 is 11.9 Å². The first-order valence-electron chi connectivity index (χ1n) is 14.3. The Kier molecular flexibility index (Phi) is 7.49. The molecule has 0 saturated carbocycles. The number of nitrogens with one attached hydrogen (secondary N) is 1. The Labute approximate surface area is 240 Å². The number of allylic oxidation sites excluding steroid dienone is 1. The van der Waals surface area contributed by atoms with Gasteiger partial charge in [0.1, 0.15) is 35.4 Å². The monoisotopic (exact) mass is 565 g/mol. The molecule has 2 fully saturated rings. The molecule has 2 heterocycles. The van der Waals surface area contributed by atoms with Crippen molar-refractivity contribution in [2.75, 3.05) is 0 Å². The molecule has 1 spiro atoms. The number of aliphatic hydroxyl groups is 1. The number of hydrogen-bond donors (Lipinski definition) is 2. The summed E-state index contributed by atoms with van der Waals surface area (Å²) in [4.78, 5) is 52.9. The molecular weight excluding hydrogens is 526 g/mol. The SMILES string of the molecule is CC(=O)O[C@@H]1C(C)=C(C)[C@H]2[C@H](Cc3ccccc3)NC(=O)[C@]23[C@H](OC(C)=O)[C@@H]2O[C@@H]2[C@@](C)(O)C(=O)[C@@H](C)C/C=C/[C@@H]13. The van der Waals surface area contributed by atoms with Crippen molar-refractivity contribution in [1.29, 1.82) is 0 Å². The summed E-state index contributed by atoms with van der Waals surface area (Å²) in [5, 5.41) is 14.6. The van der Waals surface area contributed by atoms with Crippen LogP contribution in [0.5, 0.6) is 0 Å². The van der Waals surface area contributed by atoms with Gasteiger partial charge in [0.25, 0.3) is 0 Å². The molecule has 220 valence electrons. The highest BCUT2D eigenvalue weighted by atomic mass is 16.6. The zero-order valence-electron chi connectivity index (χ0n) is 24.4. The molecule has 0 aromatic heterocycles. The average Bonchev–Trinajstić information content (AvgIpc) is 3.66. The van der Waals surface area contributed by atoms with Gasteiger partial charge in [-0.25, -0.2) is 0 Å². The van der Waals surface area contributed by atoms with Crippen LogP contribution in [0.25, 0.3) is 0 Å². The van der Waals surface area contributed by atoms with Crippen molar-refractivity contribution in [1.82, 2.24) is 5.32 Å². The predicted molar refractivity (Wildman–Crippen MR) is 148 cm³/mol. The summed E-state index contributed by atoms with van der Waals surface area (Å²) in [6.07, 6.45) is 0.579. The largest absolute Gasteiger partial charge is 0.458 e. The third-order valence-electron chi connectivity index (χ3n) is 9.53. The fourth-order valence-corrected chi connectivity index (χ4v) is 7.59. The van der Waals surface area contributed by atoms with Crippen molar-refractivity contribution in [3.8, 4) is 0 Å². The molecule has 9 nitrogen and oxygen atoms in total. The van der Waals surface area contributed by atoms with Gasteiger partial charge in [0.05, 0.1) is 0 Å². The maximum atomic E-state index is 14.6. The molecule has 0 bridgehead atoms. The second-order valence-corrected chi connectivity index (χ2v) is 12.2. The van der Waals surface area contributed by atoms with Crippen LogP contribution in [0, 0.1) is 23.2 Å². The van der Waals surface area contributed by atoms with Crippen LogP contribution in [0.15, 0.2) is 53.6 Å². The van der Waals surface area contributed by atoms with E-state index in [1.165, 1.54) is 20.8 Å². The minimum atomic E-state index is -1.86. The Bertz CT molecular complexity index is 1320. The van der Waals surface area contributed by atoms with Crippen molar-refractivity contribution >= 4 is 23.6 Å². The number of ketones is 1. The number of rotatable bonds is 4. The van der Waals surface area contributed by atoms with Gasteiger partial charge in [-0.1, -0.05) is 55.0 Å². The van der Waals surface area contributed by atoms with Crippen LogP contribution < -0.4 is 5.32 Å². The lowest BCUT2D eigenvalue weighted by molar-refractivity contribution is -0.174. The Morgan fingerprint density at radius 3 is 2.37 bits per heavy atom. The second kappa shape index (κ2) is 10.5. The molecule has 1 aromatic rings. The van der Waals surface area contributed by atoms with Gasteiger partial charge in [-0.3, -0.25) is 19.2 Å². The second-order valence-electron chi connectivity index (χ2n) is 12.2. The van der Waals surface area contributed by atoms with Crippen LogP contribution in [-0.4, -0.2) is 64.8 Å². The van der Waals surface area contributed by atoms with Gasteiger partial charge in [-0.05, 0) is 44.7 Å². The first-order chi connectivity index (χ1) is 19.3. The van der Waals surface area contributed by atoms with Crippen LogP contribution in [-0.2, 0) is 39.8 Å². The van der Waals surface area contributed by atoms with Crippen LogP contribution in [0.1, 0.15) is 53.5 Å². The van der Waals surface area contributed by atoms with E-state index in [-0.39, 0.29) is 11.9 Å². The van der Waals surface area contributed by atoms with Crippen molar-refractivity contribution in [2.24, 2.45) is 23.2 Å². The number of fused-ring (bicyclic) bond motifs is 1. The van der Waals surface area contributed by atoms with E-state index in [0.717, 1.165) is 16.7 Å². The number of benzene rings is 1. The molecule has 4 aliphatic rings. The number of esters is 2. The summed E-state index contributed by atoms with van der Waals surface area (Å²) >= 11 is 0. The fraction of sp³-hybridized carbons (Fsp3) is 0.562. The smallest absolute Gasteiger partial charge is 0.303 e. The van der Waals surface area contributed by atoms with Gasteiger partial charge in [-0.15, -0.1) is 0 Å². The van der Waals surface area contributed by atoms with E-state index in [9.17, 15) is 24.3 Å². The summed E-state index contributed by atoms with van der Waals surface area (Å²) in [6, 6.07) is 9.44. The van der Waals surface area contributed by atoms with Crippen molar-refractivity contribution < 1.29 is 38.5 Å². The maximum Gasteiger partial charge on any atom is 0.303 e. The predicted octanol–water partition coefficient (Wildman–Crippen LogP) is 2.84. The van der Waals surface area contributed by atoms with Crippen LogP contribution in [0.2, 0.25) is 0 Å². The number of epoxide rings is 1. The molecule has 0 unspecified atom stereocenters. The molecule has 2 N–H and O–H groups in total. The maximum absolute atomic E-state index is 14.6. The lowest BCUT2D eigenvalue weighted by atomic mass is 9.53. The van der Waals surface area contributed by atoms with Gasteiger partial charge < -0.3 is 24.6 Å². The van der Waals surface area contributed by atoms with Crippen molar-refractivity contribution in [3.63, 3.8) is 0 Å². The molecule has 41 heavy (non-hydrogen) atoms. The topological polar surface area (TPSA) is 132 Å². The van der Waals surface area contributed by atoms with Crippen molar-refractivity contribution in [2.45, 2.75) is 90.4 Å². The molecule has 1 aromatic carbocycles. The molecule has 10 atom stereocenters. The lowest BCUT2D eigenvalue weighted by Crippen LogP contribution is -2.61. The summed E-state index contributed by atoms with van der Waals surface area (Å²) in [7, 11) is 0. The lowest BCUT2D eigenvalue weighted by Gasteiger charge is -2.50. The number of carbonyl (C=O) groups excluding carboxylic acids is 4. The normalized spacial score (nSPS) is 40.8. The highest BCUT2D eigenvalue weighted by Gasteiger charge is 2.74. The van der Waals surface area contributed by atoms with E-state index >= 15 is 0 Å². The molecular formula is C32H39NO8. The third-order valence-corrected chi connectivity index (χ3v) is 9.53. The first kappa shape index (κ1) is 29.2. The minimum Gasteiger partial charge on any atom is -0.458 e. The summed E-state index contributed by atoms with van der Waals surface area (Å²) in [5.41, 5.74) is -0.590. The summed E-state index contributed by atoms with van der Waals surface area (Å²) in [5.74, 6) is -3.61. The molecule has 2 aliphatic carbocycles. The average molecular weight is 566 g/mol. The zero-order chi connectivity index (χ0) is 29.9. The highest BCUT2D eigenvalue weighted by molar-refractivity contribution is 5.91. The van der Waals surface area contributed by atoms with E-state index < -0.39 is 70.9 Å². The summed E-state index contributed by atoms with van der Waals surface area (Å²) in [6.45, 7) is 9.57. The van der Waals surface area contributed by atoms with Crippen LogP contribution in [0.4, 0.5) is 0 Å². The number of Topliss-reactive ketones (excluding diaryl/α,β-unsaturated/α-hetero) is 1. The van der Waals surface area contributed by atoms with E-state index in [0.29, 0.717) is 12.8 Å². The van der Waals surface area contributed by atoms with Gasteiger partial charge in [0.2, 0.25) is 5.91 Å². The molecule has 2 aliphatic heterocycles. The molecule has 9 heteroatoms. The Hall–Kier alpha value is -3.30. The van der Waals surface area contributed by atoms with Crippen LogP contribution in [0.3, 0.4) is 0 Å². The van der Waals surface area contributed by atoms with Gasteiger partial charge in [0, 0.05) is 37.6 Å². The molecule has 2 saturated heterocycles. The Balaban J connectivity index is 1.76. The quantitative estimate of drug-likeness (QED) is 0.324. The minimum absolute atomic E-state index is 0.297. The first-order valence-corrected chi connectivity index (χ1v) is 14.3. The van der Waals surface area contributed by atoms with Gasteiger partial charge in [0.15, 0.2) is 5.78 Å². The van der Waals surface area contributed by atoms with E-state index in [2.05, 4.69) is 5.32 Å². The van der Waals surface area contributed by atoms with Gasteiger partial charge in [-0.2, -0.15) is 0 Å². The van der Waals surface area contributed by atoms with E-state index in [4.69, 9.17) is 14.2 Å². The van der Waals surface area contributed by atoms with E-state index in [1.54, 1.807) is 6.92 Å². The standard InChI is InChI=1S/C32H39NO8/c1-16-11-10-14-22-25(39-19(4)34)18(3)17(2)24-23(15-21-12-8-7-9-13-21)33-30(37)32(22,24)29(40-20(5)35)26-28(41-26)31(6,38)27(16)36/h7-10,12-14,16,22-26,28-29,38H,11,15H2,1-6H3,(H,33,37)/b14-10+/t16-,22-,23-,24-,25+,26+,28-,29+,31-,32-/m0/s1. The van der Waals surface area contributed by atoms with Crippen molar-refractivity contribution in [3.05, 3.63) is 59.2 Å². The molecule has 0 radical (unpaired) electrons. The number of hydrogen-bond acceptors (Lipinski definition) is 8. The molecule has 1 amide bonds. The fourth-order valence-electron chi connectivity index (χ4n) is 7.59. The van der Waals surface area contributed by atoms with Crippen LogP contribution >= 0.6 is 0 Å². The third kappa shape index (κ3) is 4.73. The zero-order valence-corrected chi connectivity index (χ0v) is 24.4. The Morgan fingerprint density at radius 1 is 1.07 bits per heavy atom. The highest BCUT2D eigenvalue weighted by Crippen LogP contribution is 2.60. The van der Waals surface area contributed by atoms with E-state index in [1.807, 2.05) is 56.3 Å². The number of carbonyl (C=O) groups is 4. The number of ether oxygens (including phenoxy) is 3. The number of amides is 1. The molecule has 5 rings (SSSR count).